The van der Waals surface area contributed by atoms with Gasteiger partial charge in [0.05, 0.1) is 11.0 Å². The van der Waals surface area contributed by atoms with Crippen LogP contribution in [0.25, 0.3) is 0 Å². The van der Waals surface area contributed by atoms with Gasteiger partial charge < -0.3 is 14.8 Å². The molecule has 0 radical (unpaired) electrons. The Morgan fingerprint density at radius 1 is 1.10 bits per heavy atom. The van der Waals surface area contributed by atoms with E-state index in [1.807, 2.05) is 24.3 Å². The molecule has 1 heterocycles. The van der Waals surface area contributed by atoms with E-state index in [9.17, 15) is 13.2 Å². The molecule has 2 N–H and O–H groups in total. The van der Waals surface area contributed by atoms with Crippen molar-refractivity contribution in [1.29, 1.82) is 0 Å². The fourth-order valence-electron chi connectivity index (χ4n) is 3.39. The summed E-state index contributed by atoms with van der Waals surface area (Å²) in [5, 5.41) is 2.84. The second-order valence-corrected chi connectivity index (χ2v) is 9.86. The summed E-state index contributed by atoms with van der Waals surface area (Å²) in [6.45, 7) is 2.14. The first kappa shape index (κ1) is 21.8. The third kappa shape index (κ3) is 6.29. The highest BCUT2D eigenvalue weighted by atomic mass is 32.2. The van der Waals surface area contributed by atoms with Crippen LogP contribution in [-0.2, 0) is 21.3 Å². The van der Waals surface area contributed by atoms with E-state index in [1.54, 1.807) is 12.1 Å². The summed E-state index contributed by atoms with van der Waals surface area (Å²) in [7, 11) is -3.61. The van der Waals surface area contributed by atoms with E-state index in [0.717, 1.165) is 43.6 Å². The van der Waals surface area contributed by atoms with Crippen LogP contribution in [-0.4, -0.2) is 40.2 Å². The predicted molar refractivity (Wildman–Crippen MR) is 116 cm³/mol. The average molecular weight is 445 g/mol. The lowest BCUT2D eigenvalue weighted by atomic mass is 10.2. The van der Waals surface area contributed by atoms with Gasteiger partial charge in [-0.3, -0.25) is 4.79 Å². The number of amides is 1. The second kappa shape index (κ2) is 9.80. The summed E-state index contributed by atoms with van der Waals surface area (Å²) in [6.07, 6.45) is 4.41. The van der Waals surface area contributed by atoms with Gasteiger partial charge in [0, 0.05) is 25.3 Å². The van der Waals surface area contributed by atoms with Crippen LogP contribution in [0.3, 0.4) is 0 Å². The Balaban J connectivity index is 1.29. The summed E-state index contributed by atoms with van der Waals surface area (Å²) in [4.78, 5) is 12.6. The summed E-state index contributed by atoms with van der Waals surface area (Å²) >= 11 is 0. The van der Waals surface area contributed by atoms with E-state index in [0.29, 0.717) is 31.2 Å². The summed E-state index contributed by atoms with van der Waals surface area (Å²) < 4.78 is 38.8. The SMILES string of the molecule is O=C(NCc1ccc(OCC2CCCO2)cc1)c1cccc(S(=O)(=O)NCC2CC2)c1. The van der Waals surface area contributed by atoms with Crippen molar-refractivity contribution < 1.29 is 22.7 Å². The number of nitrogens with one attached hydrogen (secondary N) is 2. The summed E-state index contributed by atoms with van der Waals surface area (Å²) in [5.74, 6) is 0.884. The van der Waals surface area contributed by atoms with Gasteiger partial charge in [-0.15, -0.1) is 0 Å². The van der Waals surface area contributed by atoms with Crippen LogP contribution in [0.15, 0.2) is 53.4 Å². The van der Waals surface area contributed by atoms with Crippen molar-refractivity contribution in [3.63, 3.8) is 0 Å². The van der Waals surface area contributed by atoms with E-state index in [1.165, 1.54) is 12.1 Å². The van der Waals surface area contributed by atoms with Crippen LogP contribution in [0, 0.1) is 5.92 Å². The molecule has 2 aliphatic rings. The fraction of sp³-hybridized carbons (Fsp3) is 0.435. The van der Waals surface area contributed by atoms with Crippen LogP contribution in [0.1, 0.15) is 41.6 Å². The molecule has 2 fully saturated rings. The van der Waals surface area contributed by atoms with Gasteiger partial charge in [-0.2, -0.15) is 0 Å². The molecule has 0 bridgehead atoms. The number of ether oxygens (including phenoxy) is 2. The smallest absolute Gasteiger partial charge is 0.251 e. The molecule has 0 aromatic heterocycles. The molecule has 31 heavy (non-hydrogen) atoms. The zero-order valence-electron chi connectivity index (χ0n) is 17.4. The van der Waals surface area contributed by atoms with Crippen LogP contribution < -0.4 is 14.8 Å². The van der Waals surface area contributed by atoms with Gasteiger partial charge in [0.15, 0.2) is 0 Å². The van der Waals surface area contributed by atoms with Crippen molar-refractivity contribution in [2.45, 2.75) is 43.2 Å². The molecule has 8 heteroatoms. The molecule has 4 rings (SSSR count). The highest BCUT2D eigenvalue weighted by molar-refractivity contribution is 7.89. The predicted octanol–water partition coefficient (Wildman–Crippen LogP) is 2.86. The lowest BCUT2D eigenvalue weighted by molar-refractivity contribution is 0.0679. The Morgan fingerprint density at radius 3 is 2.61 bits per heavy atom. The first-order chi connectivity index (χ1) is 15.0. The minimum absolute atomic E-state index is 0.105. The number of benzene rings is 2. The minimum Gasteiger partial charge on any atom is -0.491 e. The fourth-order valence-corrected chi connectivity index (χ4v) is 4.55. The largest absolute Gasteiger partial charge is 0.491 e. The topological polar surface area (TPSA) is 93.7 Å². The van der Waals surface area contributed by atoms with E-state index >= 15 is 0 Å². The Hall–Kier alpha value is -2.42. The van der Waals surface area contributed by atoms with Gasteiger partial charge in [-0.25, -0.2) is 13.1 Å². The Labute approximate surface area is 183 Å². The number of carbonyl (C=O) groups excluding carboxylic acids is 1. The number of sulfonamides is 1. The standard InChI is InChI=1S/C23H28N2O5S/c26-23(19-3-1-5-22(13-19)31(27,28)25-15-18-6-7-18)24-14-17-8-10-20(11-9-17)30-16-21-4-2-12-29-21/h1,3,5,8-11,13,18,21,25H,2,4,6-7,12,14-16H2,(H,24,26). The number of rotatable bonds is 10. The summed E-state index contributed by atoms with van der Waals surface area (Å²) in [5.41, 5.74) is 1.23. The monoisotopic (exact) mass is 444 g/mol. The molecule has 1 saturated heterocycles. The highest BCUT2D eigenvalue weighted by Gasteiger charge is 2.24. The zero-order chi connectivity index (χ0) is 21.7. The molecular formula is C23H28N2O5S. The van der Waals surface area contributed by atoms with Crippen LogP contribution >= 0.6 is 0 Å². The van der Waals surface area contributed by atoms with Gasteiger partial charge in [0.2, 0.25) is 10.0 Å². The van der Waals surface area contributed by atoms with Crippen LogP contribution in [0.2, 0.25) is 0 Å². The van der Waals surface area contributed by atoms with Gasteiger partial charge in [0.1, 0.15) is 12.4 Å². The van der Waals surface area contributed by atoms with E-state index < -0.39 is 10.0 Å². The normalized spacial score (nSPS) is 18.6. The maximum absolute atomic E-state index is 12.5. The van der Waals surface area contributed by atoms with Crippen molar-refractivity contribution in [1.82, 2.24) is 10.0 Å². The molecule has 1 saturated carbocycles. The maximum Gasteiger partial charge on any atom is 0.251 e. The first-order valence-electron chi connectivity index (χ1n) is 10.7. The Bertz CT molecular complexity index is 997. The van der Waals surface area contributed by atoms with E-state index in [2.05, 4.69) is 10.0 Å². The summed E-state index contributed by atoms with van der Waals surface area (Å²) in [6, 6.07) is 13.6. The number of hydrogen-bond acceptors (Lipinski definition) is 5. The molecule has 7 nitrogen and oxygen atoms in total. The maximum atomic E-state index is 12.5. The van der Waals surface area contributed by atoms with Crippen LogP contribution in [0.4, 0.5) is 0 Å². The van der Waals surface area contributed by atoms with Gasteiger partial charge in [0.25, 0.3) is 5.91 Å². The van der Waals surface area contributed by atoms with Gasteiger partial charge in [-0.05, 0) is 67.5 Å². The number of carbonyl (C=O) groups is 1. The molecule has 166 valence electrons. The lowest BCUT2D eigenvalue weighted by Crippen LogP contribution is -2.27. The third-order valence-corrected chi connectivity index (χ3v) is 6.92. The second-order valence-electron chi connectivity index (χ2n) is 8.10. The van der Waals surface area contributed by atoms with Crippen molar-refractivity contribution >= 4 is 15.9 Å². The molecule has 0 spiro atoms. The van der Waals surface area contributed by atoms with Gasteiger partial charge >= 0.3 is 0 Å². The minimum atomic E-state index is -3.61. The molecule has 1 atom stereocenters. The number of hydrogen-bond donors (Lipinski definition) is 2. The quantitative estimate of drug-likeness (QED) is 0.588. The Kier molecular flexibility index (Phi) is 6.89. The van der Waals surface area contributed by atoms with E-state index in [-0.39, 0.29) is 16.9 Å². The zero-order valence-corrected chi connectivity index (χ0v) is 18.2. The van der Waals surface area contributed by atoms with Crippen molar-refractivity contribution in [3.8, 4) is 5.75 Å². The molecule has 1 aliphatic carbocycles. The van der Waals surface area contributed by atoms with Crippen molar-refractivity contribution in [3.05, 3.63) is 59.7 Å². The highest BCUT2D eigenvalue weighted by Crippen LogP contribution is 2.28. The molecule has 1 aliphatic heterocycles. The van der Waals surface area contributed by atoms with Crippen molar-refractivity contribution in [2.24, 2.45) is 5.92 Å². The Morgan fingerprint density at radius 2 is 1.90 bits per heavy atom. The molecular weight excluding hydrogens is 416 g/mol. The molecule has 1 unspecified atom stereocenters. The first-order valence-corrected chi connectivity index (χ1v) is 12.2. The third-order valence-electron chi connectivity index (χ3n) is 5.50. The molecule has 2 aromatic carbocycles. The lowest BCUT2D eigenvalue weighted by Gasteiger charge is -2.12. The molecule has 2 aromatic rings. The van der Waals surface area contributed by atoms with Crippen LogP contribution in [0.5, 0.6) is 5.75 Å². The molecule has 1 amide bonds. The van der Waals surface area contributed by atoms with E-state index in [4.69, 9.17) is 9.47 Å². The average Bonchev–Trinajstić information content (AvgIpc) is 3.48. The van der Waals surface area contributed by atoms with Crippen molar-refractivity contribution in [2.75, 3.05) is 19.8 Å². The van der Waals surface area contributed by atoms with Gasteiger partial charge in [-0.1, -0.05) is 18.2 Å².